The van der Waals surface area contributed by atoms with Gasteiger partial charge in [0.25, 0.3) is 0 Å². The zero-order chi connectivity index (χ0) is 22.1. The van der Waals surface area contributed by atoms with Crippen LogP contribution >= 0.6 is 45.8 Å². The van der Waals surface area contributed by atoms with E-state index in [0.717, 1.165) is 56.9 Å². The van der Waals surface area contributed by atoms with Crippen LogP contribution < -0.4 is 0 Å². The molecule has 0 bridgehead atoms. The van der Waals surface area contributed by atoms with Gasteiger partial charge in [-0.3, -0.25) is 0 Å². The van der Waals surface area contributed by atoms with Gasteiger partial charge in [-0.2, -0.15) is 9.59 Å². The number of unbranched alkanes of at least 4 members (excludes halogenated alkanes) is 1. The van der Waals surface area contributed by atoms with E-state index in [0.29, 0.717) is 17.5 Å². The Morgan fingerprint density at radius 1 is 1.19 bits per heavy atom. The Morgan fingerprint density at radius 2 is 2.09 bits per heavy atom. The molecule has 5 aromatic rings. The molecule has 164 valence electrons. The maximum atomic E-state index is 6.59. The lowest BCUT2D eigenvalue weighted by Crippen LogP contribution is -2.06. The summed E-state index contributed by atoms with van der Waals surface area (Å²) in [6, 6.07) is 6.40. The number of rotatable bonds is 8. The third-order valence-corrected chi connectivity index (χ3v) is 8.03. The van der Waals surface area contributed by atoms with Gasteiger partial charge in [-0.25, -0.2) is 9.97 Å². The predicted molar refractivity (Wildman–Crippen MR) is 129 cm³/mol. The van der Waals surface area contributed by atoms with Crippen LogP contribution in [0.2, 0.25) is 5.15 Å². The second-order valence-electron chi connectivity index (χ2n) is 7.17. The molecule has 8 nitrogen and oxygen atoms in total. The predicted octanol–water partition coefficient (Wildman–Crippen LogP) is 5.72. The molecule has 0 spiro atoms. The second-order valence-corrected chi connectivity index (χ2v) is 10.4. The summed E-state index contributed by atoms with van der Waals surface area (Å²) in [6.07, 6.45) is 3.03. The van der Waals surface area contributed by atoms with Crippen LogP contribution in [0, 0.1) is 6.92 Å². The lowest BCUT2D eigenvalue weighted by atomic mass is 10.2. The Labute approximate surface area is 201 Å². The first-order chi connectivity index (χ1) is 15.6. The van der Waals surface area contributed by atoms with E-state index in [-0.39, 0.29) is 0 Å². The van der Waals surface area contributed by atoms with Crippen LogP contribution in [0.15, 0.2) is 23.6 Å². The van der Waals surface area contributed by atoms with Crippen molar-refractivity contribution in [1.82, 2.24) is 39.5 Å². The van der Waals surface area contributed by atoms with E-state index in [1.165, 1.54) is 16.4 Å². The van der Waals surface area contributed by atoms with E-state index in [4.69, 9.17) is 11.6 Å². The minimum atomic E-state index is 0.487. The molecule has 0 aliphatic carbocycles. The van der Waals surface area contributed by atoms with Crippen molar-refractivity contribution in [3.8, 4) is 31.8 Å². The van der Waals surface area contributed by atoms with Crippen LogP contribution in [0.25, 0.3) is 31.8 Å². The van der Waals surface area contributed by atoms with Crippen molar-refractivity contribution in [2.45, 2.75) is 39.7 Å². The molecule has 0 amide bonds. The van der Waals surface area contributed by atoms with Gasteiger partial charge in [-0.15, -0.1) is 32.9 Å². The number of nitrogens with one attached hydrogen (secondary N) is 1. The van der Waals surface area contributed by atoms with Crippen molar-refractivity contribution in [3.63, 3.8) is 0 Å². The summed E-state index contributed by atoms with van der Waals surface area (Å²) >= 11 is 11.3. The van der Waals surface area contributed by atoms with E-state index in [1.807, 2.05) is 6.92 Å². The average Bonchev–Trinajstić information content (AvgIpc) is 3.58. The van der Waals surface area contributed by atoms with Gasteiger partial charge in [0.2, 0.25) is 5.82 Å². The minimum Gasteiger partial charge on any atom is -0.319 e. The van der Waals surface area contributed by atoms with Crippen LogP contribution in [0.3, 0.4) is 0 Å². The molecule has 5 heterocycles. The zero-order valence-electron chi connectivity index (χ0n) is 17.4. The summed E-state index contributed by atoms with van der Waals surface area (Å²) in [7, 11) is 0. The first kappa shape index (κ1) is 21.4. The van der Waals surface area contributed by atoms with Crippen LogP contribution in [0.4, 0.5) is 0 Å². The lowest BCUT2D eigenvalue weighted by Gasteiger charge is -2.09. The lowest BCUT2D eigenvalue weighted by molar-refractivity contribution is 0.685. The number of imidazole rings is 1. The van der Waals surface area contributed by atoms with Crippen LogP contribution in [0.1, 0.15) is 36.3 Å². The maximum absolute atomic E-state index is 6.59. The molecule has 0 saturated carbocycles. The molecule has 32 heavy (non-hydrogen) atoms. The highest BCUT2D eigenvalue weighted by Crippen LogP contribution is 2.39. The summed E-state index contributed by atoms with van der Waals surface area (Å²) in [5.74, 6) is 2.34. The fraction of sp³-hybridized carbons (Fsp3) is 0.300. The molecule has 0 aromatic carbocycles. The number of aromatic amines is 1. The number of aryl methyl sites for hydroxylation is 2. The van der Waals surface area contributed by atoms with E-state index in [2.05, 4.69) is 70.0 Å². The van der Waals surface area contributed by atoms with Crippen LogP contribution in [0.5, 0.6) is 0 Å². The van der Waals surface area contributed by atoms with Crippen molar-refractivity contribution in [2.24, 2.45) is 0 Å². The SMILES string of the molecule is CCCCc1nc(Cl)c(-c2nc(C)ns2)n1Cc1ccc(-c2ccsc2-c2nn[nH]n2)s1. The fourth-order valence-corrected chi connectivity index (χ4v) is 6.46. The highest BCUT2D eigenvalue weighted by molar-refractivity contribution is 7.17. The Kier molecular flexibility index (Phi) is 6.13. The minimum absolute atomic E-state index is 0.487. The van der Waals surface area contributed by atoms with Crippen molar-refractivity contribution in [1.29, 1.82) is 0 Å². The number of hydrogen-bond acceptors (Lipinski definition) is 9. The normalized spacial score (nSPS) is 11.5. The van der Waals surface area contributed by atoms with Gasteiger partial charge in [-0.1, -0.05) is 24.9 Å². The number of aromatic nitrogens is 8. The molecular formula is C20H19ClN8S3. The molecule has 0 atom stereocenters. The molecule has 0 radical (unpaired) electrons. The van der Waals surface area contributed by atoms with Gasteiger partial charge < -0.3 is 4.57 Å². The molecular weight excluding hydrogens is 484 g/mol. The zero-order valence-corrected chi connectivity index (χ0v) is 20.6. The Bertz CT molecular complexity index is 1330. The molecule has 0 aliphatic heterocycles. The smallest absolute Gasteiger partial charge is 0.215 e. The molecule has 0 aliphatic rings. The third-order valence-electron chi connectivity index (χ3n) is 4.94. The van der Waals surface area contributed by atoms with Gasteiger partial charge in [0, 0.05) is 21.7 Å². The van der Waals surface area contributed by atoms with Gasteiger partial charge in [0.1, 0.15) is 17.3 Å². The second kappa shape index (κ2) is 9.18. The van der Waals surface area contributed by atoms with E-state index in [1.54, 1.807) is 22.7 Å². The number of hydrogen-bond donors (Lipinski definition) is 1. The van der Waals surface area contributed by atoms with Crippen LogP contribution in [-0.4, -0.2) is 39.5 Å². The molecule has 5 aromatic heterocycles. The number of H-pyrrole nitrogens is 1. The number of nitrogens with zero attached hydrogens (tertiary/aromatic N) is 7. The highest BCUT2D eigenvalue weighted by Gasteiger charge is 2.21. The first-order valence-electron chi connectivity index (χ1n) is 10.1. The van der Waals surface area contributed by atoms with Crippen molar-refractivity contribution >= 4 is 45.8 Å². The van der Waals surface area contributed by atoms with E-state index in [9.17, 15) is 0 Å². The number of halogens is 1. The first-order valence-corrected chi connectivity index (χ1v) is 12.9. The molecule has 5 rings (SSSR count). The maximum Gasteiger partial charge on any atom is 0.215 e. The topological polar surface area (TPSA) is 98.1 Å². The van der Waals surface area contributed by atoms with E-state index < -0.39 is 0 Å². The van der Waals surface area contributed by atoms with Crippen LogP contribution in [-0.2, 0) is 13.0 Å². The molecule has 1 N–H and O–H groups in total. The molecule has 0 saturated heterocycles. The summed E-state index contributed by atoms with van der Waals surface area (Å²) in [5.41, 5.74) is 1.96. The number of thiophene rings is 2. The van der Waals surface area contributed by atoms with Gasteiger partial charge in [0.15, 0.2) is 10.2 Å². The van der Waals surface area contributed by atoms with Gasteiger partial charge in [-0.05, 0) is 53.7 Å². The summed E-state index contributed by atoms with van der Waals surface area (Å²) in [4.78, 5) is 12.6. The Morgan fingerprint density at radius 3 is 2.84 bits per heavy atom. The van der Waals surface area contributed by atoms with Crippen molar-refractivity contribution in [3.05, 3.63) is 45.3 Å². The molecule has 0 fully saturated rings. The quantitative estimate of drug-likeness (QED) is 0.291. The van der Waals surface area contributed by atoms with Crippen molar-refractivity contribution in [2.75, 3.05) is 0 Å². The van der Waals surface area contributed by atoms with Gasteiger partial charge in [0.05, 0.1) is 11.4 Å². The summed E-state index contributed by atoms with van der Waals surface area (Å²) < 4.78 is 6.54. The average molecular weight is 503 g/mol. The highest BCUT2D eigenvalue weighted by atomic mass is 35.5. The largest absolute Gasteiger partial charge is 0.319 e. The Balaban J connectivity index is 1.50. The fourth-order valence-electron chi connectivity index (χ4n) is 3.46. The standard InChI is InChI=1S/C20H19ClN8S3/c1-3-4-5-15-23-18(21)16(20-22-11(2)26-32-20)29(15)10-12-6-7-14(31-12)13-8-9-30-17(13)19-24-27-28-25-19/h6-9H,3-5,10H2,1-2H3,(H,24,25,27,28). The molecule has 12 heteroatoms. The monoisotopic (exact) mass is 502 g/mol. The Hall–Kier alpha value is -2.47. The van der Waals surface area contributed by atoms with E-state index >= 15 is 0 Å². The summed E-state index contributed by atoms with van der Waals surface area (Å²) in [6.45, 7) is 4.75. The number of tetrazole rings is 1. The third kappa shape index (κ3) is 4.13. The summed E-state index contributed by atoms with van der Waals surface area (Å²) in [5, 5.41) is 17.8. The van der Waals surface area contributed by atoms with Crippen molar-refractivity contribution < 1.29 is 0 Å². The van der Waals surface area contributed by atoms with Gasteiger partial charge >= 0.3 is 0 Å². The molecule has 0 unspecified atom stereocenters.